The van der Waals surface area contributed by atoms with Gasteiger partial charge in [0.25, 0.3) is 0 Å². The highest BCUT2D eigenvalue weighted by atomic mass is 19.4. The minimum atomic E-state index is -8.37. The van der Waals surface area contributed by atoms with Gasteiger partial charge in [-0.25, -0.2) is 9.67 Å². The van der Waals surface area contributed by atoms with Gasteiger partial charge in [-0.05, 0) is 12.1 Å². The molecule has 19 heteroatoms. The van der Waals surface area contributed by atoms with Crippen LogP contribution in [0.25, 0.3) is 11.4 Å². The molecule has 34 heavy (non-hydrogen) atoms. The fourth-order valence-corrected chi connectivity index (χ4v) is 2.38. The van der Waals surface area contributed by atoms with E-state index >= 15 is 0 Å². The molecule has 0 spiro atoms. The van der Waals surface area contributed by atoms with Crippen LogP contribution in [0, 0.1) is 0 Å². The van der Waals surface area contributed by atoms with Gasteiger partial charge in [0.2, 0.25) is 5.82 Å². The second kappa shape index (κ2) is 7.62. The summed E-state index contributed by atoms with van der Waals surface area (Å²) >= 11 is 0. The summed E-state index contributed by atoms with van der Waals surface area (Å²) in [5.74, 6) is -50.7. The minimum absolute atomic E-state index is 0.219. The quantitative estimate of drug-likeness (QED) is 0.433. The molecule has 0 fully saturated rings. The van der Waals surface area contributed by atoms with E-state index in [0.29, 0.717) is 0 Å². The molecule has 0 aromatic carbocycles. The number of rotatable bonds is 7. The van der Waals surface area contributed by atoms with Crippen molar-refractivity contribution in [2.75, 3.05) is 0 Å². The van der Waals surface area contributed by atoms with E-state index in [2.05, 4.69) is 15.1 Å². The monoisotopic (exact) mass is 528 g/mol. The number of hydrogen-bond acceptors (Lipinski definition) is 3. The largest absolute Gasteiger partial charge is 0.460 e. The van der Waals surface area contributed by atoms with E-state index in [9.17, 15) is 65.9 Å². The van der Waals surface area contributed by atoms with Gasteiger partial charge in [-0.3, -0.25) is 4.98 Å². The molecule has 0 N–H and O–H groups in total. The van der Waals surface area contributed by atoms with Crippen LogP contribution in [-0.4, -0.2) is 55.5 Å². The third-order valence-electron chi connectivity index (χ3n) is 4.31. The predicted molar refractivity (Wildman–Crippen MR) is 78.9 cm³/mol. The van der Waals surface area contributed by atoms with Crippen LogP contribution in [0.15, 0.2) is 24.5 Å². The Morgan fingerprint density at radius 3 is 1.47 bits per heavy atom. The lowest BCUT2D eigenvalue weighted by molar-refractivity contribution is -0.454. The Bertz CT molecular complexity index is 1030. The molecule has 0 bridgehead atoms. The van der Waals surface area contributed by atoms with E-state index in [1.54, 1.807) is 0 Å². The van der Waals surface area contributed by atoms with Crippen molar-refractivity contribution in [3.8, 4) is 11.4 Å². The van der Waals surface area contributed by atoms with Crippen LogP contribution in [0.3, 0.4) is 0 Å². The van der Waals surface area contributed by atoms with Gasteiger partial charge in [0.05, 0.1) is 0 Å². The summed E-state index contributed by atoms with van der Waals surface area (Å²) < 4.78 is 200. The average molecular weight is 528 g/mol. The van der Waals surface area contributed by atoms with E-state index in [-0.39, 0.29) is 10.2 Å². The molecule has 0 saturated carbocycles. The van der Waals surface area contributed by atoms with E-state index in [4.69, 9.17) is 0 Å². The highest BCUT2D eigenvalue weighted by Crippen LogP contribution is 2.63. The fraction of sp³-hybridized carbons (Fsp3) is 0.533. The molecule has 2 aromatic rings. The van der Waals surface area contributed by atoms with E-state index in [1.165, 1.54) is 0 Å². The zero-order chi connectivity index (χ0) is 26.8. The number of aryl methyl sites for hydroxylation is 1. The lowest BCUT2D eigenvalue weighted by Crippen LogP contribution is -2.72. The maximum Gasteiger partial charge on any atom is 0.460 e. The maximum atomic E-state index is 14.2. The molecule has 0 unspecified atom stereocenters. The van der Waals surface area contributed by atoms with Crippen LogP contribution in [-0.2, 0) is 13.0 Å². The Hall–Kier alpha value is -2.76. The first-order valence-electron chi connectivity index (χ1n) is 8.14. The number of alkyl halides is 15. The van der Waals surface area contributed by atoms with Crippen LogP contribution in [0.4, 0.5) is 65.9 Å². The average Bonchev–Trinajstić information content (AvgIpc) is 3.09. The van der Waals surface area contributed by atoms with Crippen LogP contribution in [0.5, 0.6) is 0 Å². The minimum Gasteiger partial charge on any atom is -0.265 e. The van der Waals surface area contributed by atoms with Crippen molar-refractivity contribution in [1.29, 1.82) is 0 Å². The molecule has 0 amide bonds. The first-order valence-corrected chi connectivity index (χ1v) is 8.14. The summed E-state index contributed by atoms with van der Waals surface area (Å²) in [7, 11) is 0.727. The molecule has 192 valence electrons. The molecule has 2 rings (SSSR count). The van der Waals surface area contributed by atoms with Crippen molar-refractivity contribution in [1.82, 2.24) is 19.7 Å². The smallest absolute Gasteiger partial charge is 0.265 e. The second-order valence-electron chi connectivity index (χ2n) is 6.56. The van der Waals surface area contributed by atoms with Gasteiger partial charge >= 0.3 is 41.7 Å². The Labute approximate surface area is 177 Å². The van der Waals surface area contributed by atoms with Gasteiger partial charge in [0.1, 0.15) is 0 Å². The standard InChI is InChI=1S/C15H7F15N4/c1-34-7(6-2-4-31-5-3-6)32-8(33-34)9(16,17)10(18,19)11(20,21)12(22,23)13(24,25)14(26,27)15(28,29)30/h2-5H,1H3. The van der Waals surface area contributed by atoms with Crippen molar-refractivity contribution < 1.29 is 65.9 Å². The SMILES string of the molecule is Cn1nc(C(F)(F)C(F)(F)C(F)(F)C(F)(F)C(F)(F)C(F)(F)C(F)(F)F)nc1-c1ccncc1. The van der Waals surface area contributed by atoms with Crippen LogP contribution in [0.2, 0.25) is 0 Å². The Morgan fingerprint density at radius 2 is 1.03 bits per heavy atom. The highest BCUT2D eigenvalue weighted by molar-refractivity contribution is 5.54. The molecule has 4 nitrogen and oxygen atoms in total. The van der Waals surface area contributed by atoms with Gasteiger partial charge < -0.3 is 0 Å². The summed E-state index contributed by atoms with van der Waals surface area (Å²) in [6, 6.07) is 2.01. The van der Waals surface area contributed by atoms with Gasteiger partial charge in [0.15, 0.2) is 5.82 Å². The molecule has 0 aliphatic carbocycles. The Morgan fingerprint density at radius 1 is 0.618 bits per heavy atom. The summed E-state index contributed by atoms with van der Waals surface area (Å²) in [5.41, 5.74) is -0.219. The van der Waals surface area contributed by atoms with Crippen LogP contribution < -0.4 is 0 Å². The maximum absolute atomic E-state index is 14.2. The third-order valence-corrected chi connectivity index (χ3v) is 4.31. The van der Waals surface area contributed by atoms with Gasteiger partial charge in [-0.15, -0.1) is 5.10 Å². The molecule has 2 aromatic heterocycles. The molecular weight excluding hydrogens is 521 g/mol. The first-order chi connectivity index (χ1) is 15.0. The molecular formula is C15H7F15N4. The van der Waals surface area contributed by atoms with Crippen molar-refractivity contribution >= 4 is 0 Å². The van der Waals surface area contributed by atoms with E-state index in [1.807, 2.05) is 0 Å². The number of aromatic nitrogens is 4. The number of pyridine rings is 1. The van der Waals surface area contributed by atoms with Crippen molar-refractivity contribution in [3.05, 3.63) is 30.4 Å². The van der Waals surface area contributed by atoms with Crippen LogP contribution >= 0.6 is 0 Å². The van der Waals surface area contributed by atoms with Crippen molar-refractivity contribution in [3.63, 3.8) is 0 Å². The molecule has 0 aliphatic rings. The summed E-state index contributed by atoms with van der Waals surface area (Å²) in [4.78, 5) is 6.26. The molecule has 2 heterocycles. The molecule has 0 radical (unpaired) electrons. The molecule has 0 saturated heterocycles. The number of hydrogen-bond donors (Lipinski definition) is 0. The molecule has 0 atom stereocenters. The van der Waals surface area contributed by atoms with Crippen molar-refractivity contribution in [2.45, 2.75) is 41.7 Å². The number of halogens is 15. The van der Waals surface area contributed by atoms with E-state index in [0.717, 1.165) is 31.6 Å². The normalized spacial score (nSPS) is 15.1. The summed E-state index contributed by atoms with van der Waals surface area (Å²) in [6.45, 7) is 0. The van der Waals surface area contributed by atoms with Gasteiger partial charge in [-0.2, -0.15) is 65.9 Å². The zero-order valence-corrected chi connectivity index (χ0v) is 15.8. The Balaban J connectivity index is 2.63. The summed E-state index contributed by atoms with van der Waals surface area (Å²) in [5, 5.41) is 2.63. The second-order valence-corrected chi connectivity index (χ2v) is 6.56. The lowest BCUT2D eigenvalue weighted by Gasteiger charge is -2.40. The number of nitrogens with zero attached hydrogens (tertiary/aromatic N) is 4. The third kappa shape index (κ3) is 3.53. The lowest BCUT2D eigenvalue weighted by atomic mass is 9.91. The van der Waals surface area contributed by atoms with Crippen LogP contribution in [0.1, 0.15) is 5.82 Å². The summed E-state index contributed by atoms with van der Waals surface area (Å²) in [6.07, 6.45) is -5.64. The van der Waals surface area contributed by atoms with Gasteiger partial charge in [0, 0.05) is 25.0 Å². The zero-order valence-electron chi connectivity index (χ0n) is 15.8. The predicted octanol–water partition coefficient (Wildman–Crippen LogP) is 5.71. The Kier molecular flexibility index (Phi) is 6.16. The topological polar surface area (TPSA) is 43.6 Å². The fourth-order valence-electron chi connectivity index (χ4n) is 2.38. The van der Waals surface area contributed by atoms with Crippen molar-refractivity contribution in [2.24, 2.45) is 7.05 Å². The highest BCUT2D eigenvalue weighted by Gasteiger charge is 2.93. The van der Waals surface area contributed by atoms with Gasteiger partial charge in [-0.1, -0.05) is 0 Å². The van der Waals surface area contributed by atoms with E-state index < -0.39 is 53.4 Å². The molecule has 0 aliphatic heterocycles. The first kappa shape index (κ1) is 27.5.